The molecule has 1 unspecified atom stereocenters. The maximum absolute atomic E-state index is 10.5. The van der Waals surface area contributed by atoms with E-state index >= 15 is 0 Å². The summed E-state index contributed by atoms with van der Waals surface area (Å²) in [5, 5.41) is 27.8. The lowest BCUT2D eigenvalue weighted by atomic mass is 9.83. The third kappa shape index (κ3) is 5.19. The van der Waals surface area contributed by atoms with Gasteiger partial charge in [-0.05, 0) is 37.3 Å². The molecule has 5 nitrogen and oxygen atoms in total. The topological polar surface area (TPSA) is 76.9 Å². The molecule has 0 fully saturated rings. The number of guanidine groups is 1. The van der Waals surface area contributed by atoms with E-state index in [4.69, 9.17) is 0 Å². The molecule has 0 radical (unpaired) electrons. The second kappa shape index (κ2) is 9.90. The summed E-state index contributed by atoms with van der Waals surface area (Å²) in [6.07, 6.45) is 1.18. The van der Waals surface area contributed by atoms with Crippen LogP contribution in [-0.2, 0) is 0 Å². The lowest BCUT2D eigenvalue weighted by Gasteiger charge is -2.27. The van der Waals surface area contributed by atoms with Gasteiger partial charge in [-0.2, -0.15) is 0 Å². The van der Waals surface area contributed by atoms with Crippen LogP contribution in [0.2, 0.25) is 0 Å². The Morgan fingerprint density at radius 1 is 1.19 bits per heavy atom. The van der Waals surface area contributed by atoms with Gasteiger partial charge in [0.1, 0.15) is 6.10 Å². The van der Waals surface area contributed by atoms with Gasteiger partial charge in [-0.3, -0.25) is 4.99 Å². The molecule has 6 heteroatoms. The van der Waals surface area contributed by atoms with Crippen molar-refractivity contribution in [2.45, 2.75) is 39.7 Å². The van der Waals surface area contributed by atoms with Crippen LogP contribution in [0.15, 0.2) is 35.3 Å². The standard InChI is InChI=1S/C20H31N3O2S/c1-4-20(5-2,14-24)13-23-19(21-6-3)22-12-16(25)18-11-15-9-7-8-10-17(15)26-18/h7-11,16,24-25H,4-6,12-14H2,1-3H3,(H2,21,22,23). The van der Waals surface area contributed by atoms with Gasteiger partial charge in [0, 0.05) is 28.1 Å². The number of nitrogens with zero attached hydrogens (tertiary/aromatic N) is 1. The average molecular weight is 378 g/mol. The van der Waals surface area contributed by atoms with Gasteiger partial charge in [-0.15, -0.1) is 11.3 Å². The predicted octanol–water partition coefficient (Wildman–Crippen LogP) is 3.29. The van der Waals surface area contributed by atoms with Crippen molar-refractivity contribution in [1.29, 1.82) is 0 Å². The molecule has 0 aliphatic rings. The molecule has 0 aliphatic heterocycles. The van der Waals surface area contributed by atoms with E-state index in [-0.39, 0.29) is 12.0 Å². The summed E-state index contributed by atoms with van der Waals surface area (Å²) >= 11 is 1.62. The number of aliphatic imine (C=N–C) groups is 1. The van der Waals surface area contributed by atoms with Crippen molar-refractivity contribution in [3.8, 4) is 0 Å². The molecular weight excluding hydrogens is 346 g/mol. The van der Waals surface area contributed by atoms with Gasteiger partial charge >= 0.3 is 0 Å². The number of fused-ring (bicyclic) bond motifs is 1. The molecule has 0 bridgehead atoms. The van der Waals surface area contributed by atoms with Crippen LogP contribution in [0, 0.1) is 5.41 Å². The zero-order valence-electron chi connectivity index (χ0n) is 16.0. The van der Waals surface area contributed by atoms with Crippen molar-refractivity contribution < 1.29 is 10.2 Å². The molecule has 0 saturated heterocycles. The molecule has 1 aromatic carbocycles. The molecule has 2 rings (SSSR count). The first-order chi connectivity index (χ1) is 12.6. The number of aliphatic hydroxyl groups excluding tert-OH is 2. The highest BCUT2D eigenvalue weighted by molar-refractivity contribution is 7.19. The first-order valence-corrected chi connectivity index (χ1v) is 10.2. The van der Waals surface area contributed by atoms with Crippen molar-refractivity contribution in [1.82, 2.24) is 10.6 Å². The SMILES string of the molecule is CCNC(=NCC(CC)(CC)CO)NCC(O)c1cc2ccccc2s1. The largest absolute Gasteiger partial charge is 0.396 e. The third-order valence-electron chi connectivity index (χ3n) is 4.99. The van der Waals surface area contributed by atoms with Crippen LogP contribution in [-0.4, -0.2) is 42.4 Å². The predicted molar refractivity (Wildman–Crippen MR) is 111 cm³/mol. The Bertz CT molecular complexity index is 669. The minimum atomic E-state index is -0.587. The van der Waals surface area contributed by atoms with Crippen molar-refractivity contribution in [2.24, 2.45) is 10.4 Å². The van der Waals surface area contributed by atoms with Crippen LogP contribution >= 0.6 is 11.3 Å². The van der Waals surface area contributed by atoms with E-state index in [0.717, 1.165) is 29.6 Å². The van der Waals surface area contributed by atoms with Crippen LogP contribution in [0.3, 0.4) is 0 Å². The number of nitrogens with one attached hydrogen (secondary N) is 2. The van der Waals surface area contributed by atoms with E-state index in [0.29, 0.717) is 19.0 Å². The number of hydrogen-bond donors (Lipinski definition) is 4. The van der Waals surface area contributed by atoms with Crippen molar-refractivity contribution in [2.75, 3.05) is 26.2 Å². The molecular formula is C20H31N3O2S. The molecule has 1 atom stereocenters. The monoisotopic (exact) mass is 377 g/mol. The number of aliphatic hydroxyl groups is 2. The van der Waals surface area contributed by atoms with E-state index in [9.17, 15) is 10.2 Å². The Labute approximate surface area is 160 Å². The number of hydrogen-bond acceptors (Lipinski definition) is 4. The fourth-order valence-corrected chi connectivity index (χ4v) is 3.85. The molecule has 26 heavy (non-hydrogen) atoms. The highest BCUT2D eigenvalue weighted by Gasteiger charge is 2.25. The smallest absolute Gasteiger partial charge is 0.191 e. The quantitative estimate of drug-likeness (QED) is 0.399. The zero-order valence-corrected chi connectivity index (χ0v) is 16.8. The fourth-order valence-electron chi connectivity index (χ4n) is 2.80. The zero-order chi connectivity index (χ0) is 19.0. The maximum Gasteiger partial charge on any atom is 0.191 e. The van der Waals surface area contributed by atoms with Crippen LogP contribution in [0.25, 0.3) is 10.1 Å². The summed E-state index contributed by atoms with van der Waals surface area (Å²) in [4.78, 5) is 5.58. The van der Waals surface area contributed by atoms with Crippen LogP contribution in [0.5, 0.6) is 0 Å². The van der Waals surface area contributed by atoms with E-state index in [1.807, 2.05) is 25.1 Å². The van der Waals surface area contributed by atoms with E-state index in [1.165, 1.54) is 4.70 Å². The first-order valence-electron chi connectivity index (χ1n) is 9.37. The van der Waals surface area contributed by atoms with E-state index in [1.54, 1.807) is 11.3 Å². The Kier molecular flexibility index (Phi) is 7.87. The molecule has 0 aliphatic carbocycles. The number of benzene rings is 1. The highest BCUT2D eigenvalue weighted by Crippen LogP contribution is 2.29. The van der Waals surface area contributed by atoms with E-state index in [2.05, 4.69) is 41.6 Å². The van der Waals surface area contributed by atoms with Crippen LogP contribution in [0.1, 0.15) is 44.6 Å². The summed E-state index contributed by atoms with van der Waals surface area (Å²) in [6.45, 7) is 8.01. The molecule has 1 heterocycles. The highest BCUT2D eigenvalue weighted by atomic mass is 32.1. The van der Waals surface area contributed by atoms with Crippen molar-refractivity contribution in [3.63, 3.8) is 0 Å². The molecule has 4 N–H and O–H groups in total. The number of rotatable bonds is 9. The van der Waals surface area contributed by atoms with E-state index < -0.39 is 6.10 Å². The summed E-state index contributed by atoms with van der Waals surface area (Å²) in [6, 6.07) is 10.2. The molecule has 0 amide bonds. The van der Waals surface area contributed by atoms with Gasteiger partial charge in [0.2, 0.25) is 0 Å². The average Bonchev–Trinajstić information content (AvgIpc) is 3.11. The van der Waals surface area contributed by atoms with Crippen LogP contribution < -0.4 is 10.6 Å². The summed E-state index contributed by atoms with van der Waals surface area (Å²) < 4.78 is 1.18. The van der Waals surface area contributed by atoms with Gasteiger partial charge in [0.25, 0.3) is 0 Å². The van der Waals surface area contributed by atoms with Crippen molar-refractivity contribution in [3.05, 3.63) is 35.2 Å². The normalized spacial score (nSPS) is 13.8. The van der Waals surface area contributed by atoms with Gasteiger partial charge < -0.3 is 20.8 Å². The second-order valence-corrected chi connectivity index (χ2v) is 7.76. The lowest BCUT2D eigenvalue weighted by molar-refractivity contribution is 0.123. The van der Waals surface area contributed by atoms with Crippen LogP contribution in [0.4, 0.5) is 0 Å². The second-order valence-electron chi connectivity index (χ2n) is 6.64. The lowest BCUT2D eigenvalue weighted by Crippen LogP contribution is -2.40. The molecule has 144 valence electrons. The molecule has 2 aromatic rings. The molecule has 1 aromatic heterocycles. The summed E-state index contributed by atoms with van der Waals surface area (Å²) in [7, 11) is 0. The summed E-state index contributed by atoms with van der Waals surface area (Å²) in [5.41, 5.74) is -0.174. The first kappa shape index (κ1) is 20.7. The Morgan fingerprint density at radius 2 is 1.92 bits per heavy atom. The fraction of sp³-hybridized carbons (Fsp3) is 0.550. The Hall–Kier alpha value is -1.63. The Balaban J connectivity index is 2.01. The number of thiophene rings is 1. The van der Waals surface area contributed by atoms with Gasteiger partial charge in [0.05, 0.1) is 13.2 Å². The third-order valence-corrected chi connectivity index (χ3v) is 6.21. The molecule has 0 saturated carbocycles. The Morgan fingerprint density at radius 3 is 2.54 bits per heavy atom. The van der Waals surface area contributed by atoms with Crippen molar-refractivity contribution >= 4 is 27.4 Å². The minimum Gasteiger partial charge on any atom is -0.396 e. The van der Waals surface area contributed by atoms with Gasteiger partial charge in [-0.1, -0.05) is 32.0 Å². The minimum absolute atomic E-state index is 0.132. The molecule has 0 spiro atoms. The maximum atomic E-state index is 10.5. The summed E-state index contributed by atoms with van der Waals surface area (Å²) in [5.74, 6) is 0.674. The van der Waals surface area contributed by atoms with Gasteiger partial charge in [0.15, 0.2) is 5.96 Å². The van der Waals surface area contributed by atoms with Gasteiger partial charge in [-0.25, -0.2) is 0 Å².